The summed E-state index contributed by atoms with van der Waals surface area (Å²) in [6.07, 6.45) is 0.787. The summed E-state index contributed by atoms with van der Waals surface area (Å²) < 4.78 is 0.986. The maximum atomic E-state index is 6.73. The van der Waals surface area contributed by atoms with Crippen LogP contribution < -0.4 is 15.9 Å². The zero-order chi connectivity index (χ0) is 20.3. The van der Waals surface area contributed by atoms with Crippen LogP contribution in [-0.4, -0.2) is 0 Å². The number of hydrogen-bond acceptors (Lipinski definition) is 0. The number of benzene rings is 4. The zero-order valence-corrected chi connectivity index (χ0v) is 20.5. The molecule has 4 aromatic rings. The Hall–Kier alpha value is -1.44. The number of hydrogen-bond donors (Lipinski definition) is 0. The van der Waals surface area contributed by atoms with Crippen molar-refractivity contribution in [2.75, 3.05) is 0 Å². The normalized spacial score (nSPS) is 12.9. The first-order valence-corrected chi connectivity index (χ1v) is 15.0. The van der Waals surface area contributed by atoms with Crippen molar-refractivity contribution in [2.45, 2.75) is 6.16 Å². The van der Waals surface area contributed by atoms with E-state index in [4.69, 9.17) is 11.6 Å². The van der Waals surface area contributed by atoms with Crippen molar-refractivity contribution in [3.63, 3.8) is 0 Å². The number of halogens is 3. The Labute approximate surface area is 193 Å². The van der Waals surface area contributed by atoms with E-state index in [9.17, 15) is 0 Å². The summed E-state index contributed by atoms with van der Waals surface area (Å²) in [5.74, 6) is 0. The Balaban J connectivity index is 2.09. The maximum absolute atomic E-state index is 6.73. The topological polar surface area (TPSA) is 0 Å². The van der Waals surface area contributed by atoms with Gasteiger partial charge in [-0.2, -0.15) is 0 Å². The van der Waals surface area contributed by atoms with Crippen LogP contribution in [0.25, 0.3) is 0 Å². The first kappa shape index (κ1) is 20.8. The van der Waals surface area contributed by atoms with Gasteiger partial charge in [-0.1, -0.05) is 0 Å². The van der Waals surface area contributed by atoms with E-state index in [1.54, 1.807) is 0 Å². The third kappa shape index (κ3) is 3.73. The van der Waals surface area contributed by atoms with E-state index >= 15 is 0 Å². The molecule has 0 aliphatic heterocycles. The summed E-state index contributed by atoms with van der Waals surface area (Å²) >= 11 is 14.7. The van der Waals surface area contributed by atoms with Crippen LogP contribution in [-0.2, 0) is 6.16 Å². The second kappa shape index (κ2) is 8.36. The molecule has 0 aliphatic rings. The molecule has 29 heavy (non-hydrogen) atoms. The molecule has 0 nitrogen and oxygen atoms in total. The van der Waals surface area contributed by atoms with Gasteiger partial charge in [0.2, 0.25) is 0 Å². The molecule has 4 aromatic carbocycles. The Morgan fingerprint density at radius 1 is 0.621 bits per heavy atom. The van der Waals surface area contributed by atoms with E-state index in [1.165, 1.54) is 15.9 Å². The quantitative estimate of drug-likeness (QED) is 0.228. The van der Waals surface area contributed by atoms with Crippen molar-refractivity contribution in [1.82, 2.24) is 0 Å². The molecule has 0 aliphatic carbocycles. The molecule has 0 amide bonds. The van der Waals surface area contributed by atoms with Crippen molar-refractivity contribution in [3.05, 3.63) is 124 Å². The van der Waals surface area contributed by atoms with Gasteiger partial charge in [0, 0.05) is 0 Å². The summed E-state index contributed by atoms with van der Waals surface area (Å²) in [5, 5.41) is 1.62. The predicted molar refractivity (Wildman–Crippen MR) is 137 cm³/mol. The van der Waals surface area contributed by atoms with E-state index in [1.807, 2.05) is 6.07 Å². The van der Waals surface area contributed by atoms with Gasteiger partial charge in [0.1, 0.15) is 0 Å². The summed E-state index contributed by atoms with van der Waals surface area (Å²) in [4.78, 5) is 0. The first-order valence-electron chi connectivity index (χ1n) is 9.36. The Kier molecular flexibility index (Phi) is 6.00. The summed E-state index contributed by atoms with van der Waals surface area (Å²) in [7, 11) is 0. The molecule has 0 spiro atoms. The van der Waals surface area contributed by atoms with Crippen molar-refractivity contribution in [3.8, 4) is 0 Å². The number of rotatable bonds is 5. The molecule has 0 N–H and O–H groups in total. The molecular weight excluding hydrogens is 527 g/mol. The van der Waals surface area contributed by atoms with Crippen LogP contribution >= 0.6 is 48.3 Å². The Bertz CT molecular complexity index is 1020. The van der Waals surface area contributed by atoms with Gasteiger partial charge >= 0.3 is 195 Å². The zero-order valence-electron chi connectivity index (χ0n) is 15.7. The van der Waals surface area contributed by atoms with Crippen LogP contribution in [0, 0.1) is 0 Å². The minimum atomic E-state index is -3.02. The first-order chi connectivity index (χ1) is 14.0. The Morgan fingerprint density at radius 2 is 1.03 bits per heavy atom. The molecule has 0 radical (unpaired) electrons. The SMILES string of the molecule is Clc1cc(Br)ccc1CP(Br)(c1ccccc1)(c1ccccc1)c1ccccc1. The van der Waals surface area contributed by atoms with Gasteiger partial charge in [0.05, 0.1) is 0 Å². The molecule has 0 saturated heterocycles. The monoisotopic (exact) mass is 544 g/mol. The molecule has 0 bridgehead atoms. The molecule has 4 rings (SSSR count). The van der Waals surface area contributed by atoms with Gasteiger partial charge in [-0.05, 0) is 0 Å². The molecule has 4 heteroatoms. The van der Waals surface area contributed by atoms with Gasteiger partial charge < -0.3 is 0 Å². The summed E-state index contributed by atoms with van der Waals surface area (Å²) in [6.45, 7) is 0. The fraction of sp³-hybridized carbons (Fsp3) is 0.0400. The van der Waals surface area contributed by atoms with E-state index in [0.29, 0.717) is 0 Å². The molecule has 0 aromatic heterocycles. The second-order valence-electron chi connectivity index (χ2n) is 7.08. The molecule has 0 unspecified atom stereocenters. The second-order valence-corrected chi connectivity index (χ2v) is 17.3. The fourth-order valence-electron chi connectivity index (χ4n) is 3.91. The molecular formula is C25H20Br2ClP. The van der Waals surface area contributed by atoms with Gasteiger partial charge in [0.25, 0.3) is 0 Å². The average molecular weight is 547 g/mol. The third-order valence-electron chi connectivity index (χ3n) is 5.37. The van der Waals surface area contributed by atoms with E-state index in [-0.39, 0.29) is 0 Å². The van der Waals surface area contributed by atoms with Crippen LogP contribution in [0.1, 0.15) is 5.56 Å². The van der Waals surface area contributed by atoms with Crippen molar-refractivity contribution in [2.24, 2.45) is 0 Å². The summed E-state index contributed by atoms with van der Waals surface area (Å²) in [5.41, 5.74) is 1.13. The standard InChI is InChI=1S/C25H20Br2ClP/c26-21-17-16-20(25(28)18-21)19-29(27,22-10-4-1-5-11-22,23-12-6-2-7-13-23)24-14-8-3-9-15-24/h1-18H,19H2. The van der Waals surface area contributed by atoms with Crippen molar-refractivity contribution in [1.29, 1.82) is 0 Å². The minimum absolute atomic E-state index is 0.774. The van der Waals surface area contributed by atoms with Crippen LogP contribution in [0.15, 0.2) is 114 Å². The third-order valence-corrected chi connectivity index (χ3v) is 15.7. The van der Waals surface area contributed by atoms with Crippen LogP contribution in [0.2, 0.25) is 5.02 Å². The van der Waals surface area contributed by atoms with Crippen LogP contribution in [0.3, 0.4) is 0 Å². The molecule has 0 saturated carbocycles. The van der Waals surface area contributed by atoms with E-state index < -0.39 is 5.31 Å². The Morgan fingerprint density at radius 3 is 1.41 bits per heavy atom. The van der Waals surface area contributed by atoms with E-state index in [2.05, 4.69) is 135 Å². The van der Waals surface area contributed by atoms with E-state index in [0.717, 1.165) is 21.2 Å². The van der Waals surface area contributed by atoms with Crippen LogP contribution in [0.5, 0.6) is 0 Å². The van der Waals surface area contributed by atoms with Gasteiger partial charge in [0.15, 0.2) is 0 Å². The van der Waals surface area contributed by atoms with Gasteiger partial charge in [-0.15, -0.1) is 0 Å². The molecule has 0 atom stereocenters. The summed E-state index contributed by atoms with van der Waals surface area (Å²) in [6, 6.07) is 38.5. The molecule has 0 fully saturated rings. The predicted octanol–water partition coefficient (Wildman–Crippen LogP) is 7.44. The van der Waals surface area contributed by atoms with Gasteiger partial charge in [-0.25, -0.2) is 0 Å². The van der Waals surface area contributed by atoms with Crippen molar-refractivity contribution < 1.29 is 0 Å². The molecule has 146 valence electrons. The van der Waals surface area contributed by atoms with Gasteiger partial charge in [-0.3, -0.25) is 0 Å². The fourth-order valence-corrected chi connectivity index (χ4v) is 12.4. The van der Waals surface area contributed by atoms with Crippen molar-refractivity contribution >= 4 is 64.2 Å². The molecule has 0 heterocycles. The average Bonchev–Trinajstić information content (AvgIpc) is 2.78. The van der Waals surface area contributed by atoms with Crippen LogP contribution in [0.4, 0.5) is 0 Å².